The molecule has 4 rings (SSSR count). The summed E-state index contributed by atoms with van der Waals surface area (Å²) >= 11 is 0. The summed E-state index contributed by atoms with van der Waals surface area (Å²) in [6.07, 6.45) is 3.93. The van der Waals surface area contributed by atoms with Gasteiger partial charge in [-0.3, -0.25) is 4.79 Å². The zero-order valence-corrected chi connectivity index (χ0v) is 16.1. The van der Waals surface area contributed by atoms with Gasteiger partial charge in [0.05, 0.1) is 6.04 Å². The third-order valence-corrected chi connectivity index (χ3v) is 5.61. The lowest BCUT2D eigenvalue weighted by atomic mass is 9.94. The Bertz CT molecular complexity index is 820. The Morgan fingerprint density at radius 3 is 2.82 bits per heavy atom. The lowest BCUT2D eigenvalue weighted by Gasteiger charge is -2.36. The highest BCUT2D eigenvalue weighted by atomic mass is 19.1. The fraction of sp³-hybridized carbons (Fsp3) is 0.455. The van der Waals surface area contributed by atoms with E-state index in [1.807, 2.05) is 23.1 Å². The highest BCUT2D eigenvalue weighted by molar-refractivity contribution is 5.93. The van der Waals surface area contributed by atoms with Crippen molar-refractivity contribution in [2.45, 2.75) is 31.7 Å². The van der Waals surface area contributed by atoms with Crippen LogP contribution in [0.2, 0.25) is 0 Å². The van der Waals surface area contributed by atoms with Crippen LogP contribution in [-0.2, 0) is 0 Å². The van der Waals surface area contributed by atoms with Gasteiger partial charge in [-0.25, -0.2) is 9.37 Å². The van der Waals surface area contributed by atoms with E-state index in [0.717, 1.165) is 63.2 Å². The SMILES string of the molecule is O=C(c1cccc(N2CCCNCC2)n1)N1CCCCC1c1cccc(F)c1. The van der Waals surface area contributed by atoms with E-state index in [9.17, 15) is 9.18 Å². The predicted molar refractivity (Wildman–Crippen MR) is 108 cm³/mol. The predicted octanol–water partition coefficient (Wildman–Crippen LogP) is 3.39. The van der Waals surface area contributed by atoms with E-state index in [1.165, 1.54) is 6.07 Å². The number of pyridine rings is 1. The third-order valence-electron chi connectivity index (χ3n) is 5.61. The van der Waals surface area contributed by atoms with Gasteiger partial charge in [-0.15, -0.1) is 0 Å². The molecule has 1 atom stereocenters. The van der Waals surface area contributed by atoms with Crippen molar-refractivity contribution in [1.29, 1.82) is 0 Å². The van der Waals surface area contributed by atoms with E-state index in [4.69, 9.17) is 4.98 Å². The molecular weight excluding hydrogens is 355 g/mol. The summed E-state index contributed by atoms with van der Waals surface area (Å²) in [6, 6.07) is 12.2. The van der Waals surface area contributed by atoms with Crippen LogP contribution in [0.5, 0.6) is 0 Å². The van der Waals surface area contributed by atoms with Crippen LogP contribution in [0, 0.1) is 5.82 Å². The summed E-state index contributed by atoms with van der Waals surface area (Å²) in [4.78, 5) is 22.1. The number of carbonyl (C=O) groups excluding carboxylic acids is 1. The molecule has 1 amide bonds. The molecule has 2 aromatic rings. The van der Waals surface area contributed by atoms with Crippen molar-refractivity contribution in [2.75, 3.05) is 37.6 Å². The number of benzene rings is 1. The van der Waals surface area contributed by atoms with Crippen LogP contribution in [-0.4, -0.2) is 48.5 Å². The van der Waals surface area contributed by atoms with Crippen molar-refractivity contribution in [2.24, 2.45) is 0 Å². The monoisotopic (exact) mass is 382 g/mol. The maximum atomic E-state index is 13.7. The zero-order valence-electron chi connectivity index (χ0n) is 16.1. The molecule has 0 spiro atoms. The molecule has 0 bridgehead atoms. The molecule has 0 saturated carbocycles. The summed E-state index contributed by atoms with van der Waals surface area (Å²) in [5, 5.41) is 3.39. The Morgan fingerprint density at radius 2 is 1.93 bits per heavy atom. The first-order valence-electron chi connectivity index (χ1n) is 10.2. The molecule has 0 radical (unpaired) electrons. The minimum atomic E-state index is -0.259. The number of likely N-dealkylation sites (tertiary alicyclic amines) is 1. The maximum Gasteiger partial charge on any atom is 0.273 e. The number of carbonyl (C=O) groups is 1. The van der Waals surface area contributed by atoms with Gasteiger partial charge in [-0.2, -0.15) is 0 Å². The zero-order chi connectivity index (χ0) is 19.3. The molecule has 2 aliphatic rings. The summed E-state index contributed by atoms with van der Waals surface area (Å²) in [5.41, 5.74) is 1.33. The quantitative estimate of drug-likeness (QED) is 0.884. The summed E-state index contributed by atoms with van der Waals surface area (Å²) in [6.45, 7) is 4.44. The van der Waals surface area contributed by atoms with Gasteiger partial charge in [0.1, 0.15) is 17.3 Å². The Kier molecular flexibility index (Phi) is 5.86. The largest absolute Gasteiger partial charge is 0.355 e. The minimum absolute atomic E-state index is 0.0660. The molecule has 3 heterocycles. The molecule has 28 heavy (non-hydrogen) atoms. The van der Waals surface area contributed by atoms with E-state index in [-0.39, 0.29) is 17.8 Å². The Balaban J connectivity index is 1.57. The van der Waals surface area contributed by atoms with Crippen molar-refractivity contribution in [1.82, 2.24) is 15.2 Å². The number of rotatable bonds is 3. The van der Waals surface area contributed by atoms with Crippen LogP contribution in [0.25, 0.3) is 0 Å². The van der Waals surface area contributed by atoms with Gasteiger partial charge in [0.25, 0.3) is 5.91 Å². The van der Waals surface area contributed by atoms with E-state index in [1.54, 1.807) is 18.2 Å². The molecule has 2 fully saturated rings. The molecule has 1 N–H and O–H groups in total. The third kappa shape index (κ3) is 4.17. The Labute approximate surface area is 165 Å². The number of nitrogens with zero attached hydrogens (tertiary/aromatic N) is 3. The van der Waals surface area contributed by atoms with Crippen LogP contribution in [0.4, 0.5) is 10.2 Å². The Morgan fingerprint density at radius 1 is 1.04 bits per heavy atom. The molecule has 6 heteroatoms. The second-order valence-corrected chi connectivity index (χ2v) is 7.54. The van der Waals surface area contributed by atoms with Crippen molar-refractivity contribution >= 4 is 11.7 Å². The van der Waals surface area contributed by atoms with Gasteiger partial charge >= 0.3 is 0 Å². The molecule has 1 aromatic heterocycles. The standard InChI is InChI=1S/C22H27FN4O/c23-18-7-3-6-17(16-18)20-9-1-2-14-27(20)22(28)19-8-4-10-21(25-19)26-13-5-11-24-12-15-26/h3-4,6-8,10,16,20,24H,1-2,5,9,11-15H2. The molecule has 0 aliphatic carbocycles. The number of aromatic nitrogens is 1. The highest BCUT2D eigenvalue weighted by Crippen LogP contribution is 2.32. The number of amides is 1. The van der Waals surface area contributed by atoms with Crippen molar-refractivity contribution in [3.63, 3.8) is 0 Å². The fourth-order valence-corrected chi connectivity index (χ4v) is 4.18. The normalized spacial score (nSPS) is 20.7. The van der Waals surface area contributed by atoms with E-state index in [2.05, 4.69) is 10.2 Å². The number of piperidine rings is 1. The number of anilines is 1. The highest BCUT2D eigenvalue weighted by Gasteiger charge is 2.30. The lowest BCUT2D eigenvalue weighted by Crippen LogP contribution is -2.39. The van der Waals surface area contributed by atoms with Crippen LogP contribution in [0.3, 0.4) is 0 Å². The summed E-state index contributed by atoms with van der Waals surface area (Å²) in [5.74, 6) is 0.531. The van der Waals surface area contributed by atoms with E-state index in [0.29, 0.717) is 12.2 Å². The first-order chi connectivity index (χ1) is 13.7. The van der Waals surface area contributed by atoms with Crippen LogP contribution < -0.4 is 10.2 Å². The molecular formula is C22H27FN4O. The summed E-state index contributed by atoms with van der Waals surface area (Å²) in [7, 11) is 0. The second-order valence-electron chi connectivity index (χ2n) is 7.54. The fourth-order valence-electron chi connectivity index (χ4n) is 4.18. The minimum Gasteiger partial charge on any atom is -0.355 e. The molecule has 5 nitrogen and oxygen atoms in total. The van der Waals surface area contributed by atoms with Gasteiger partial charge in [-0.1, -0.05) is 18.2 Å². The topological polar surface area (TPSA) is 48.5 Å². The van der Waals surface area contributed by atoms with Gasteiger partial charge < -0.3 is 15.1 Å². The van der Waals surface area contributed by atoms with Gasteiger partial charge in [0, 0.05) is 26.2 Å². The van der Waals surface area contributed by atoms with Gasteiger partial charge in [0.15, 0.2) is 0 Å². The average molecular weight is 382 g/mol. The first kappa shape index (κ1) is 18.9. The lowest BCUT2D eigenvalue weighted by molar-refractivity contribution is 0.0605. The Hall–Kier alpha value is -2.47. The number of nitrogens with one attached hydrogen (secondary N) is 1. The van der Waals surface area contributed by atoms with Crippen LogP contribution >= 0.6 is 0 Å². The van der Waals surface area contributed by atoms with Crippen LogP contribution in [0.1, 0.15) is 47.8 Å². The molecule has 2 saturated heterocycles. The van der Waals surface area contributed by atoms with Crippen molar-refractivity contribution < 1.29 is 9.18 Å². The molecule has 148 valence electrons. The molecule has 1 unspecified atom stereocenters. The molecule has 1 aromatic carbocycles. The van der Waals surface area contributed by atoms with Gasteiger partial charge in [0.2, 0.25) is 0 Å². The smallest absolute Gasteiger partial charge is 0.273 e. The number of halogens is 1. The van der Waals surface area contributed by atoms with Crippen molar-refractivity contribution in [3.8, 4) is 0 Å². The molecule has 2 aliphatic heterocycles. The van der Waals surface area contributed by atoms with E-state index < -0.39 is 0 Å². The number of hydrogen-bond donors (Lipinski definition) is 1. The second kappa shape index (κ2) is 8.69. The van der Waals surface area contributed by atoms with E-state index >= 15 is 0 Å². The summed E-state index contributed by atoms with van der Waals surface area (Å²) < 4.78 is 13.7. The van der Waals surface area contributed by atoms with Gasteiger partial charge in [-0.05, 0) is 62.1 Å². The first-order valence-corrected chi connectivity index (χ1v) is 10.2. The average Bonchev–Trinajstić information content (AvgIpc) is 3.03. The number of hydrogen-bond acceptors (Lipinski definition) is 4. The van der Waals surface area contributed by atoms with Crippen LogP contribution in [0.15, 0.2) is 42.5 Å². The maximum absolute atomic E-state index is 13.7. The van der Waals surface area contributed by atoms with Crippen molar-refractivity contribution in [3.05, 3.63) is 59.5 Å².